The molecule has 0 aromatic heterocycles. The first-order valence-electron chi connectivity index (χ1n) is 7.22. The van der Waals surface area contributed by atoms with Gasteiger partial charge in [0.25, 0.3) is 0 Å². The van der Waals surface area contributed by atoms with Crippen LogP contribution < -0.4 is 3.61 Å². The maximum absolute atomic E-state index is 6.80. The quantitative estimate of drug-likeness (QED) is 0.433. The molecule has 1 heterocycles. The van der Waals surface area contributed by atoms with E-state index in [2.05, 4.69) is 62.9 Å². The molecule has 0 radical (unpaired) electrons. The van der Waals surface area contributed by atoms with Gasteiger partial charge in [-0.15, -0.1) is 0 Å². The van der Waals surface area contributed by atoms with Gasteiger partial charge in [-0.05, 0) is 0 Å². The third-order valence-corrected chi connectivity index (χ3v) is 19.9. The molecule has 2 bridgehead atoms. The topological polar surface area (TPSA) is 9.23 Å². The molecule has 4 rings (SSSR count). The normalized spacial score (nSPS) is 49.8. The summed E-state index contributed by atoms with van der Waals surface area (Å²) < 4.78 is 9.72. The first-order chi connectivity index (χ1) is 8.98. The summed E-state index contributed by atoms with van der Waals surface area (Å²) >= 11 is 0.407. The van der Waals surface area contributed by atoms with Crippen molar-refractivity contribution in [3.63, 3.8) is 0 Å². The average molecular weight is 484 g/mol. The van der Waals surface area contributed by atoms with E-state index in [1.165, 1.54) is 27.3 Å². The summed E-state index contributed by atoms with van der Waals surface area (Å²) in [4.78, 5) is 0. The van der Waals surface area contributed by atoms with Crippen LogP contribution in [-0.2, 0) is 3.10 Å². The Morgan fingerprint density at radius 1 is 1.26 bits per heavy atom. The van der Waals surface area contributed by atoms with Crippen LogP contribution in [0.25, 0.3) is 0 Å². The van der Waals surface area contributed by atoms with Crippen molar-refractivity contribution in [1.82, 2.24) is 0 Å². The number of hydrogen-bond acceptors (Lipinski definition) is 1. The predicted molar refractivity (Wildman–Crippen MR) is 89.1 cm³/mol. The summed E-state index contributed by atoms with van der Waals surface area (Å²) in [6.45, 7) is 5.04. The Morgan fingerprint density at radius 2 is 2.00 bits per heavy atom. The first-order valence-corrected chi connectivity index (χ1v) is 17.8. The van der Waals surface area contributed by atoms with Crippen molar-refractivity contribution < 1.29 is 3.10 Å². The molecule has 4 unspecified atom stereocenters. The summed E-state index contributed by atoms with van der Waals surface area (Å²) in [6.07, 6.45) is 4.76. The molecule has 2 saturated carbocycles. The SMILES string of the molecule is CC1(C)C2CCC13C[Te](I)(c1ccccc1)OC3C2. The van der Waals surface area contributed by atoms with Crippen LogP contribution in [-0.4, -0.2) is 20.8 Å². The predicted octanol–water partition coefficient (Wildman–Crippen LogP) is 4.00. The second kappa shape index (κ2) is 4.12. The maximum atomic E-state index is 6.80. The fourth-order valence-electron chi connectivity index (χ4n) is 4.79. The zero-order valence-corrected chi connectivity index (χ0v) is 16.1. The second-order valence-electron chi connectivity index (χ2n) is 6.99. The number of rotatable bonds is 1. The molecule has 1 aromatic carbocycles. The number of fused-ring (bicyclic) bond motifs is 1. The van der Waals surface area contributed by atoms with Crippen molar-refractivity contribution >= 4 is 37.0 Å². The molecule has 1 aliphatic heterocycles. The number of hydrogen-bond donors (Lipinski definition) is 0. The van der Waals surface area contributed by atoms with Gasteiger partial charge in [-0.3, -0.25) is 0 Å². The molecule has 4 atom stereocenters. The van der Waals surface area contributed by atoms with Crippen molar-refractivity contribution in [3.05, 3.63) is 30.3 Å². The third-order valence-electron chi connectivity index (χ3n) is 6.16. The molecule has 19 heavy (non-hydrogen) atoms. The molecule has 3 aliphatic rings. The monoisotopic (exact) mass is 486 g/mol. The summed E-state index contributed by atoms with van der Waals surface area (Å²) in [5.74, 6) is 0.914. The molecule has 2 aliphatic carbocycles. The molecule has 3 fully saturated rings. The summed E-state index contributed by atoms with van der Waals surface area (Å²) in [7, 11) is 0. The van der Waals surface area contributed by atoms with Crippen LogP contribution in [0.15, 0.2) is 30.3 Å². The van der Waals surface area contributed by atoms with E-state index in [1.807, 2.05) is 0 Å². The minimum atomic E-state index is -2.35. The van der Waals surface area contributed by atoms with Crippen LogP contribution in [0.2, 0.25) is 4.47 Å². The van der Waals surface area contributed by atoms with Gasteiger partial charge in [-0.1, -0.05) is 0 Å². The Labute approximate surface area is 130 Å². The first kappa shape index (κ1) is 13.4. The zero-order chi connectivity index (χ0) is 13.3. The molecular weight excluding hydrogens is 463 g/mol. The van der Waals surface area contributed by atoms with Crippen LogP contribution in [0.5, 0.6) is 0 Å². The summed E-state index contributed by atoms with van der Waals surface area (Å²) in [6, 6.07) is 11.1. The van der Waals surface area contributed by atoms with E-state index in [0.29, 0.717) is 16.9 Å². The van der Waals surface area contributed by atoms with Crippen molar-refractivity contribution in [3.8, 4) is 0 Å². The van der Waals surface area contributed by atoms with Crippen molar-refractivity contribution in [2.75, 3.05) is 0 Å². The van der Waals surface area contributed by atoms with Crippen LogP contribution in [0.4, 0.5) is 0 Å². The van der Waals surface area contributed by atoms with Gasteiger partial charge in [0.1, 0.15) is 0 Å². The minimum absolute atomic E-state index is 0.505. The third kappa shape index (κ3) is 1.62. The van der Waals surface area contributed by atoms with Crippen LogP contribution in [0, 0.1) is 16.7 Å². The van der Waals surface area contributed by atoms with Gasteiger partial charge in [0, 0.05) is 0 Å². The molecule has 0 amide bonds. The second-order valence-corrected chi connectivity index (χ2v) is 22.6. The van der Waals surface area contributed by atoms with Gasteiger partial charge >= 0.3 is 131 Å². The van der Waals surface area contributed by atoms with E-state index in [1.54, 1.807) is 0 Å². The molecule has 3 heteroatoms. The molecule has 1 saturated heterocycles. The molecule has 0 N–H and O–H groups in total. The standard InChI is InChI=1S/C16H21IOTe/c1-15(2)12-8-9-16(15)11-19(17,18-14(16)10-12)13-6-4-3-5-7-13/h3-7,12,14H,8-11H2,1-2H3. The Bertz CT molecular complexity index is 517. The zero-order valence-electron chi connectivity index (χ0n) is 11.6. The fraction of sp³-hybridized carbons (Fsp3) is 0.625. The van der Waals surface area contributed by atoms with Crippen molar-refractivity contribution in [2.45, 2.75) is 43.7 Å². The van der Waals surface area contributed by atoms with Gasteiger partial charge in [0.05, 0.1) is 0 Å². The van der Waals surface area contributed by atoms with E-state index in [0.717, 1.165) is 5.92 Å². The van der Waals surface area contributed by atoms with Crippen molar-refractivity contribution in [2.24, 2.45) is 16.7 Å². The molecule has 104 valence electrons. The van der Waals surface area contributed by atoms with E-state index < -0.39 is 14.6 Å². The molecule has 1 nitrogen and oxygen atoms in total. The van der Waals surface area contributed by atoms with Gasteiger partial charge in [0.2, 0.25) is 0 Å². The van der Waals surface area contributed by atoms with Gasteiger partial charge in [-0.2, -0.15) is 0 Å². The van der Waals surface area contributed by atoms with Crippen molar-refractivity contribution in [1.29, 1.82) is 0 Å². The van der Waals surface area contributed by atoms with Crippen LogP contribution >= 0.6 is 18.7 Å². The Hall–Kier alpha value is 0.700. The summed E-state index contributed by atoms with van der Waals surface area (Å²) in [5, 5.41) is 0. The molecular formula is C16H21IOTe. The Morgan fingerprint density at radius 3 is 2.63 bits per heavy atom. The number of halogens is 1. The Kier molecular flexibility index (Phi) is 2.90. The molecule has 1 aromatic rings. The number of benzene rings is 1. The van der Waals surface area contributed by atoms with Gasteiger partial charge in [0.15, 0.2) is 0 Å². The average Bonchev–Trinajstić information content (AvgIpc) is 2.91. The Balaban J connectivity index is 1.75. The van der Waals surface area contributed by atoms with E-state index in [4.69, 9.17) is 3.10 Å². The summed E-state index contributed by atoms with van der Waals surface area (Å²) in [5.41, 5.74) is 1.01. The van der Waals surface area contributed by atoms with Crippen LogP contribution in [0.1, 0.15) is 33.1 Å². The van der Waals surface area contributed by atoms with E-state index in [-0.39, 0.29) is 0 Å². The fourth-order valence-corrected chi connectivity index (χ4v) is 20.5. The van der Waals surface area contributed by atoms with E-state index in [9.17, 15) is 0 Å². The van der Waals surface area contributed by atoms with E-state index >= 15 is 0 Å². The van der Waals surface area contributed by atoms with Crippen LogP contribution in [0.3, 0.4) is 0 Å². The molecule has 1 spiro atoms. The van der Waals surface area contributed by atoms with Gasteiger partial charge in [-0.25, -0.2) is 0 Å². The van der Waals surface area contributed by atoms with Gasteiger partial charge < -0.3 is 0 Å².